The van der Waals surface area contributed by atoms with E-state index in [4.69, 9.17) is 11.6 Å². The molecule has 0 saturated carbocycles. The molecule has 0 unspecified atom stereocenters. The lowest BCUT2D eigenvalue weighted by Gasteiger charge is -2.16. The van der Waals surface area contributed by atoms with Gasteiger partial charge < -0.3 is 10.6 Å². The van der Waals surface area contributed by atoms with Crippen LogP contribution in [0.5, 0.6) is 0 Å². The molecule has 0 aliphatic heterocycles. The van der Waals surface area contributed by atoms with Gasteiger partial charge in [-0.25, -0.2) is 8.42 Å². The van der Waals surface area contributed by atoms with Crippen LogP contribution in [0.25, 0.3) is 0 Å². The van der Waals surface area contributed by atoms with Crippen molar-refractivity contribution in [2.45, 2.75) is 29.7 Å². The van der Waals surface area contributed by atoms with E-state index >= 15 is 0 Å². The lowest BCUT2D eigenvalue weighted by Crippen LogP contribution is -2.27. The highest BCUT2D eigenvalue weighted by molar-refractivity contribution is 7.91. The monoisotopic (exact) mass is 456 g/mol. The van der Waals surface area contributed by atoms with Crippen molar-refractivity contribution in [2.75, 3.05) is 5.32 Å². The molecular formula is C23H21ClN2O4S. The first-order valence-corrected chi connectivity index (χ1v) is 11.3. The fraction of sp³-hybridized carbons (Fsp3) is 0.130. The third-order valence-electron chi connectivity index (χ3n) is 4.61. The molecule has 0 bridgehead atoms. The van der Waals surface area contributed by atoms with Crippen LogP contribution in [0.3, 0.4) is 0 Å². The molecule has 0 saturated heterocycles. The maximum atomic E-state index is 13.1. The molecule has 0 heterocycles. The largest absolute Gasteiger partial charge is 0.346 e. The van der Waals surface area contributed by atoms with E-state index in [1.807, 2.05) is 37.3 Å². The SMILES string of the molecule is CC(=O)Nc1cc(C(=O)N[C@@H](C)c2ccccc2)ccc1S(=O)(=O)c1ccc(Cl)cc1. The average molecular weight is 457 g/mol. The number of benzene rings is 3. The van der Waals surface area contributed by atoms with Crippen LogP contribution in [0.4, 0.5) is 5.69 Å². The summed E-state index contributed by atoms with van der Waals surface area (Å²) in [6, 6.07) is 19.0. The van der Waals surface area contributed by atoms with E-state index in [2.05, 4.69) is 10.6 Å². The molecule has 0 aromatic heterocycles. The van der Waals surface area contributed by atoms with Crippen molar-refractivity contribution in [1.82, 2.24) is 5.32 Å². The molecule has 0 aliphatic rings. The van der Waals surface area contributed by atoms with Crippen molar-refractivity contribution < 1.29 is 18.0 Å². The van der Waals surface area contributed by atoms with Gasteiger partial charge in [-0.3, -0.25) is 9.59 Å². The predicted molar refractivity (Wildman–Crippen MR) is 120 cm³/mol. The zero-order chi connectivity index (χ0) is 22.6. The van der Waals surface area contributed by atoms with Gasteiger partial charge in [0.2, 0.25) is 15.7 Å². The number of amides is 2. The summed E-state index contributed by atoms with van der Waals surface area (Å²) in [7, 11) is -3.95. The Bertz CT molecular complexity index is 1210. The molecule has 3 rings (SSSR count). The number of hydrogen-bond donors (Lipinski definition) is 2. The Hall–Kier alpha value is -3.16. The molecule has 3 aromatic rings. The van der Waals surface area contributed by atoms with Crippen molar-refractivity contribution in [3.05, 3.63) is 88.9 Å². The fourth-order valence-electron chi connectivity index (χ4n) is 3.04. The Morgan fingerprint density at radius 2 is 1.58 bits per heavy atom. The maximum Gasteiger partial charge on any atom is 0.251 e. The number of rotatable bonds is 6. The van der Waals surface area contributed by atoms with Crippen LogP contribution in [0.2, 0.25) is 5.02 Å². The standard InChI is InChI=1S/C23H21ClN2O4S/c1-15(17-6-4-3-5-7-17)25-23(28)18-8-13-22(21(14-18)26-16(2)27)31(29,30)20-11-9-19(24)10-12-20/h3-15H,1-2H3,(H,25,28)(H,26,27)/t15-/m0/s1. The molecule has 31 heavy (non-hydrogen) atoms. The van der Waals surface area contributed by atoms with Crippen LogP contribution < -0.4 is 10.6 Å². The van der Waals surface area contributed by atoms with Crippen molar-refractivity contribution in [2.24, 2.45) is 0 Å². The van der Waals surface area contributed by atoms with Crippen molar-refractivity contribution >= 4 is 38.9 Å². The summed E-state index contributed by atoms with van der Waals surface area (Å²) >= 11 is 5.85. The number of sulfone groups is 1. The highest BCUT2D eigenvalue weighted by atomic mass is 35.5. The van der Waals surface area contributed by atoms with Gasteiger partial charge in [0.05, 0.1) is 21.5 Å². The summed E-state index contributed by atoms with van der Waals surface area (Å²) < 4.78 is 26.2. The number of anilines is 1. The summed E-state index contributed by atoms with van der Waals surface area (Å²) in [5, 5.41) is 5.79. The molecule has 8 heteroatoms. The van der Waals surface area contributed by atoms with Crippen LogP contribution >= 0.6 is 11.6 Å². The predicted octanol–water partition coefficient (Wildman–Crippen LogP) is 4.62. The van der Waals surface area contributed by atoms with Crippen LogP contribution in [-0.2, 0) is 14.6 Å². The highest BCUT2D eigenvalue weighted by Gasteiger charge is 2.23. The molecule has 160 valence electrons. The first-order valence-electron chi connectivity index (χ1n) is 9.46. The second-order valence-corrected chi connectivity index (χ2v) is 9.31. The van der Waals surface area contributed by atoms with Crippen LogP contribution in [0.15, 0.2) is 82.6 Å². The number of hydrogen-bond acceptors (Lipinski definition) is 4. The minimum Gasteiger partial charge on any atom is -0.346 e. The van der Waals surface area contributed by atoms with Gasteiger partial charge in [-0.15, -0.1) is 0 Å². The molecule has 2 amide bonds. The van der Waals surface area contributed by atoms with Crippen LogP contribution in [0, 0.1) is 0 Å². The quantitative estimate of drug-likeness (QED) is 0.566. The first kappa shape index (κ1) is 22.5. The summed E-state index contributed by atoms with van der Waals surface area (Å²) in [6.07, 6.45) is 0. The van der Waals surface area contributed by atoms with E-state index in [1.165, 1.54) is 49.4 Å². The van der Waals surface area contributed by atoms with Crippen molar-refractivity contribution in [3.8, 4) is 0 Å². The number of halogens is 1. The molecule has 0 fully saturated rings. The zero-order valence-electron chi connectivity index (χ0n) is 16.9. The molecule has 1 atom stereocenters. The molecule has 0 aliphatic carbocycles. The number of carbonyl (C=O) groups is 2. The lowest BCUT2D eigenvalue weighted by atomic mass is 10.1. The molecule has 0 spiro atoms. The second-order valence-electron chi connectivity index (χ2n) is 6.96. The maximum absolute atomic E-state index is 13.1. The summed E-state index contributed by atoms with van der Waals surface area (Å²) in [5.74, 6) is -0.846. The summed E-state index contributed by atoms with van der Waals surface area (Å²) in [5.41, 5.74) is 1.18. The van der Waals surface area contributed by atoms with Gasteiger partial charge in [0.1, 0.15) is 0 Å². The Balaban J connectivity index is 1.95. The van der Waals surface area contributed by atoms with Crippen molar-refractivity contribution in [3.63, 3.8) is 0 Å². The van der Waals surface area contributed by atoms with Crippen LogP contribution in [-0.4, -0.2) is 20.2 Å². The Morgan fingerprint density at radius 3 is 2.19 bits per heavy atom. The Morgan fingerprint density at radius 1 is 0.935 bits per heavy atom. The molecule has 0 radical (unpaired) electrons. The van der Waals surface area contributed by atoms with Crippen molar-refractivity contribution in [1.29, 1.82) is 0 Å². The molecule has 6 nitrogen and oxygen atoms in total. The van der Waals surface area contributed by atoms with Crippen LogP contribution in [0.1, 0.15) is 35.8 Å². The minimum absolute atomic E-state index is 0.0263. The van der Waals surface area contributed by atoms with Gasteiger partial charge in [0.25, 0.3) is 5.91 Å². The van der Waals surface area contributed by atoms with E-state index in [-0.39, 0.29) is 27.1 Å². The smallest absolute Gasteiger partial charge is 0.251 e. The van der Waals surface area contributed by atoms with Gasteiger partial charge in [-0.2, -0.15) is 0 Å². The molecule has 3 aromatic carbocycles. The van der Waals surface area contributed by atoms with E-state index in [9.17, 15) is 18.0 Å². The van der Waals surface area contributed by atoms with Gasteiger partial charge >= 0.3 is 0 Å². The highest BCUT2D eigenvalue weighted by Crippen LogP contribution is 2.30. The first-order chi connectivity index (χ1) is 14.7. The Kier molecular flexibility index (Phi) is 6.77. The lowest BCUT2D eigenvalue weighted by molar-refractivity contribution is -0.114. The second kappa shape index (κ2) is 9.32. The molecule has 2 N–H and O–H groups in total. The molecular weight excluding hydrogens is 436 g/mol. The summed E-state index contributed by atoms with van der Waals surface area (Å²) in [4.78, 5) is 24.4. The van der Waals surface area contributed by atoms with Gasteiger partial charge in [-0.05, 0) is 55.0 Å². The fourth-order valence-corrected chi connectivity index (χ4v) is 4.56. The van der Waals surface area contributed by atoms with E-state index in [0.717, 1.165) is 5.56 Å². The normalized spacial score (nSPS) is 12.1. The number of nitrogens with one attached hydrogen (secondary N) is 2. The van der Waals surface area contributed by atoms with E-state index in [1.54, 1.807) is 0 Å². The van der Waals surface area contributed by atoms with E-state index < -0.39 is 21.7 Å². The zero-order valence-corrected chi connectivity index (χ0v) is 18.5. The minimum atomic E-state index is -3.95. The summed E-state index contributed by atoms with van der Waals surface area (Å²) in [6.45, 7) is 3.12. The third-order valence-corrected chi connectivity index (χ3v) is 6.69. The topological polar surface area (TPSA) is 92.3 Å². The van der Waals surface area contributed by atoms with E-state index in [0.29, 0.717) is 5.02 Å². The number of carbonyl (C=O) groups excluding carboxylic acids is 2. The third kappa shape index (κ3) is 5.31. The average Bonchev–Trinajstić information content (AvgIpc) is 2.74. The van der Waals surface area contributed by atoms with Gasteiger partial charge in [0, 0.05) is 17.5 Å². The van der Waals surface area contributed by atoms with Gasteiger partial charge in [0.15, 0.2) is 0 Å². The Labute approximate surface area is 186 Å². The van der Waals surface area contributed by atoms with Gasteiger partial charge in [-0.1, -0.05) is 41.9 Å².